The number of aromatic nitrogens is 2. The minimum absolute atomic E-state index is 0.00292. The van der Waals surface area contributed by atoms with Crippen LogP contribution in [-0.4, -0.2) is 10.2 Å². The summed E-state index contributed by atoms with van der Waals surface area (Å²) >= 11 is 7.19. The number of halogens is 2. The van der Waals surface area contributed by atoms with Crippen molar-refractivity contribution >= 4 is 23.4 Å². The number of hydrogen-bond donors (Lipinski definition) is 0. The molecule has 7 heteroatoms. The zero-order valence-corrected chi connectivity index (χ0v) is 13.4. The summed E-state index contributed by atoms with van der Waals surface area (Å²) in [7, 11) is 0. The van der Waals surface area contributed by atoms with Crippen LogP contribution in [0.4, 0.5) is 4.39 Å². The Balaban J connectivity index is 1.77. The molecule has 0 aliphatic rings. The third-order valence-corrected chi connectivity index (χ3v) is 4.47. The van der Waals surface area contributed by atoms with E-state index < -0.39 is 5.82 Å². The molecule has 4 nitrogen and oxygen atoms in total. The van der Waals surface area contributed by atoms with Gasteiger partial charge in [0.1, 0.15) is 11.6 Å². The maximum absolute atomic E-state index is 13.2. The topological polar surface area (TPSA) is 52.1 Å². The largest absolute Gasteiger partial charge is 0.469 e. The van der Waals surface area contributed by atoms with Gasteiger partial charge in [0, 0.05) is 5.25 Å². The highest BCUT2D eigenvalue weighted by Gasteiger charge is 2.17. The second-order valence-electron chi connectivity index (χ2n) is 4.70. The van der Waals surface area contributed by atoms with Crippen molar-refractivity contribution in [2.45, 2.75) is 24.3 Å². The van der Waals surface area contributed by atoms with Crippen LogP contribution in [-0.2, 0) is 0 Å². The summed E-state index contributed by atoms with van der Waals surface area (Å²) in [5.74, 6) is 0.703. The predicted molar refractivity (Wildman–Crippen MR) is 82.4 cm³/mol. The van der Waals surface area contributed by atoms with Crippen LogP contribution >= 0.6 is 23.4 Å². The highest BCUT2D eigenvalue weighted by atomic mass is 35.5. The zero-order valence-electron chi connectivity index (χ0n) is 11.8. The Hall–Kier alpha value is -1.79. The molecule has 1 unspecified atom stereocenters. The first-order valence-electron chi connectivity index (χ1n) is 6.54. The van der Waals surface area contributed by atoms with E-state index in [4.69, 9.17) is 20.4 Å². The van der Waals surface area contributed by atoms with Crippen molar-refractivity contribution in [1.82, 2.24) is 10.2 Å². The van der Waals surface area contributed by atoms with E-state index in [1.807, 2.05) is 13.8 Å². The maximum Gasteiger partial charge on any atom is 0.277 e. The smallest absolute Gasteiger partial charge is 0.277 e. The molecule has 3 aromatic rings. The van der Waals surface area contributed by atoms with E-state index in [2.05, 4.69) is 10.2 Å². The molecule has 0 spiro atoms. The molecule has 0 aliphatic heterocycles. The average Bonchev–Trinajstić information content (AvgIpc) is 3.10. The Labute approximate surface area is 135 Å². The van der Waals surface area contributed by atoms with Gasteiger partial charge in [-0.2, -0.15) is 0 Å². The molecule has 22 heavy (non-hydrogen) atoms. The van der Waals surface area contributed by atoms with Crippen LogP contribution in [0.5, 0.6) is 0 Å². The Morgan fingerprint density at radius 2 is 2.09 bits per heavy atom. The van der Waals surface area contributed by atoms with E-state index in [1.165, 1.54) is 17.8 Å². The molecule has 0 fully saturated rings. The first-order chi connectivity index (χ1) is 10.5. The Morgan fingerprint density at radius 3 is 2.77 bits per heavy atom. The SMILES string of the molecule is Cc1occc1-c1nnc(SC(C)c2ccc(F)c(Cl)c2)o1. The monoisotopic (exact) mass is 338 g/mol. The summed E-state index contributed by atoms with van der Waals surface area (Å²) in [6.07, 6.45) is 1.57. The molecular formula is C15H12ClFN2O2S. The van der Waals surface area contributed by atoms with Crippen LogP contribution in [0.3, 0.4) is 0 Å². The number of furan rings is 1. The second kappa shape index (κ2) is 6.14. The van der Waals surface area contributed by atoms with E-state index in [-0.39, 0.29) is 10.3 Å². The lowest BCUT2D eigenvalue weighted by Crippen LogP contribution is -1.90. The molecule has 0 N–H and O–H groups in total. The van der Waals surface area contributed by atoms with Gasteiger partial charge in [0.05, 0.1) is 16.8 Å². The van der Waals surface area contributed by atoms with Gasteiger partial charge < -0.3 is 8.83 Å². The number of thioether (sulfide) groups is 1. The zero-order chi connectivity index (χ0) is 15.7. The van der Waals surface area contributed by atoms with Gasteiger partial charge in [-0.25, -0.2) is 4.39 Å². The Kier molecular flexibility index (Phi) is 4.22. The molecule has 2 aromatic heterocycles. The fourth-order valence-corrected chi connectivity index (χ4v) is 2.95. The van der Waals surface area contributed by atoms with Crippen LogP contribution in [0.25, 0.3) is 11.5 Å². The second-order valence-corrected chi connectivity index (χ2v) is 6.40. The summed E-state index contributed by atoms with van der Waals surface area (Å²) < 4.78 is 24.0. The Morgan fingerprint density at radius 1 is 1.27 bits per heavy atom. The van der Waals surface area contributed by atoms with Crippen LogP contribution in [0.2, 0.25) is 5.02 Å². The first kappa shape index (κ1) is 15.1. The van der Waals surface area contributed by atoms with E-state index in [1.54, 1.807) is 24.5 Å². The molecule has 0 aliphatic carbocycles. The number of benzene rings is 1. The summed E-state index contributed by atoms with van der Waals surface area (Å²) in [6, 6.07) is 6.42. The van der Waals surface area contributed by atoms with E-state index >= 15 is 0 Å². The van der Waals surface area contributed by atoms with Gasteiger partial charge in [-0.3, -0.25) is 0 Å². The third-order valence-electron chi connectivity index (χ3n) is 3.19. The normalized spacial score (nSPS) is 12.5. The lowest BCUT2D eigenvalue weighted by Gasteiger charge is -2.09. The molecule has 1 aromatic carbocycles. The minimum Gasteiger partial charge on any atom is -0.469 e. The van der Waals surface area contributed by atoms with Crippen molar-refractivity contribution in [1.29, 1.82) is 0 Å². The lowest BCUT2D eigenvalue weighted by molar-refractivity contribution is 0.462. The molecule has 3 rings (SSSR count). The highest BCUT2D eigenvalue weighted by Crippen LogP contribution is 2.36. The molecule has 0 saturated heterocycles. The van der Waals surface area contributed by atoms with Crippen molar-refractivity contribution in [3.8, 4) is 11.5 Å². The molecule has 1 atom stereocenters. The third kappa shape index (κ3) is 3.03. The first-order valence-corrected chi connectivity index (χ1v) is 7.80. The molecule has 0 radical (unpaired) electrons. The fourth-order valence-electron chi connectivity index (χ4n) is 1.96. The predicted octanol–water partition coefficient (Wildman–Crippen LogP) is 5.28. The standard InChI is InChI=1S/C15H12ClFN2O2S/c1-8-11(5-6-20-8)14-18-19-15(21-14)22-9(2)10-3-4-13(17)12(16)7-10/h3-7,9H,1-2H3. The lowest BCUT2D eigenvalue weighted by atomic mass is 10.2. The van der Waals surface area contributed by atoms with E-state index in [0.717, 1.165) is 16.9 Å². The van der Waals surface area contributed by atoms with Crippen LogP contribution in [0.1, 0.15) is 23.5 Å². The molecular weight excluding hydrogens is 327 g/mol. The number of hydrogen-bond acceptors (Lipinski definition) is 5. The highest BCUT2D eigenvalue weighted by molar-refractivity contribution is 7.99. The number of rotatable bonds is 4. The maximum atomic E-state index is 13.2. The van der Waals surface area contributed by atoms with Gasteiger partial charge in [-0.15, -0.1) is 10.2 Å². The summed E-state index contributed by atoms with van der Waals surface area (Å²) in [5, 5.41) is 8.56. The minimum atomic E-state index is -0.432. The van der Waals surface area contributed by atoms with Crippen LogP contribution in [0.15, 0.2) is 44.6 Å². The van der Waals surface area contributed by atoms with Gasteiger partial charge >= 0.3 is 0 Å². The number of nitrogens with zero attached hydrogens (tertiary/aromatic N) is 2. The number of aryl methyl sites for hydroxylation is 1. The van der Waals surface area contributed by atoms with Gasteiger partial charge in [-0.1, -0.05) is 29.4 Å². The Bertz CT molecular complexity index is 802. The van der Waals surface area contributed by atoms with Crippen LogP contribution < -0.4 is 0 Å². The van der Waals surface area contributed by atoms with Crippen LogP contribution in [0, 0.1) is 12.7 Å². The van der Waals surface area contributed by atoms with E-state index in [0.29, 0.717) is 11.1 Å². The van der Waals surface area contributed by atoms with Gasteiger partial charge in [0.15, 0.2) is 0 Å². The van der Waals surface area contributed by atoms with Crippen molar-refractivity contribution < 1.29 is 13.2 Å². The molecule has 0 amide bonds. The summed E-state index contributed by atoms with van der Waals surface area (Å²) in [6.45, 7) is 3.79. The quantitative estimate of drug-likeness (QED) is 0.605. The summed E-state index contributed by atoms with van der Waals surface area (Å²) in [4.78, 5) is 0. The van der Waals surface area contributed by atoms with Crippen molar-refractivity contribution in [3.63, 3.8) is 0 Å². The summed E-state index contributed by atoms with van der Waals surface area (Å²) in [5.41, 5.74) is 1.66. The fraction of sp³-hybridized carbons (Fsp3) is 0.200. The van der Waals surface area contributed by atoms with Gasteiger partial charge in [0.2, 0.25) is 0 Å². The molecule has 0 bridgehead atoms. The molecule has 2 heterocycles. The van der Waals surface area contributed by atoms with Gasteiger partial charge in [-0.05, 0) is 37.6 Å². The average molecular weight is 339 g/mol. The van der Waals surface area contributed by atoms with E-state index in [9.17, 15) is 4.39 Å². The van der Waals surface area contributed by atoms with Crippen molar-refractivity contribution in [2.75, 3.05) is 0 Å². The van der Waals surface area contributed by atoms with Crippen molar-refractivity contribution in [2.24, 2.45) is 0 Å². The molecule has 114 valence electrons. The van der Waals surface area contributed by atoms with Crippen molar-refractivity contribution in [3.05, 3.63) is 52.7 Å². The van der Waals surface area contributed by atoms with Gasteiger partial charge in [0.25, 0.3) is 11.1 Å². The molecule has 0 saturated carbocycles.